The maximum Gasteiger partial charge on any atom is 0.492 e. The predicted molar refractivity (Wildman–Crippen MR) is 65.1 cm³/mol. The lowest BCUT2D eigenvalue weighted by atomic mass is 10.1. The summed E-state index contributed by atoms with van der Waals surface area (Å²) in [5.74, 6) is -1.58. The Labute approximate surface area is 114 Å². The van der Waals surface area contributed by atoms with E-state index >= 15 is 0 Å². The molecule has 9 heteroatoms. The number of benzene rings is 1. The smallest absolute Gasteiger partial charge is 0.390 e. The molecule has 0 unspecified atom stereocenters. The largest absolute Gasteiger partial charge is 0.492 e. The SMILES string of the molecule is O=C(Cn1nc([N+](=O)[O-])nc1Br)c1cccc(F)c1. The maximum absolute atomic E-state index is 13.0. The minimum atomic E-state index is -0.770. The lowest BCUT2D eigenvalue weighted by Gasteiger charge is -1.99. The van der Waals surface area contributed by atoms with E-state index in [1.165, 1.54) is 18.2 Å². The highest BCUT2D eigenvalue weighted by molar-refractivity contribution is 9.10. The van der Waals surface area contributed by atoms with E-state index in [2.05, 4.69) is 26.0 Å². The molecule has 1 heterocycles. The summed E-state index contributed by atoms with van der Waals surface area (Å²) in [6, 6.07) is 5.15. The van der Waals surface area contributed by atoms with Crippen LogP contribution in [0.3, 0.4) is 0 Å². The van der Waals surface area contributed by atoms with Gasteiger partial charge in [-0.2, -0.15) is 4.68 Å². The number of hydrogen-bond acceptors (Lipinski definition) is 5. The van der Waals surface area contributed by atoms with Crippen molar-refractivity contribution in [2.45, 2.75) is 6.54 Å². The van der Waals surface area contributed by atoms with E-state index in [0.717, 1.165) is 10.7 Å². The van der Waals surface area contributed by atoms with Gasteiger partial charge >= 0.3 is 5.95 Å². The van der Waals surface area contributed by atoms with Crippen LogP contribution in [0.1, 0.15) is 10.4 Å². The van der Waals surface area contributed by atoms with Crippen LogP contribution in [0.15, 0.2) is 29.0 Å². The summed E-state index contributed by atoms with van der Waals surface area (Å²) in [5, 5.41) is 14.0. The predicted octanol–water partition coefficient (Wildman–Crippen LogP) is 1.97. The second-order valence-corrected chi connectivity index (χ2v) is 4.24. The average molecular weight is 329 g/mol. The molecule has 0 spiro atoms. The molecule has 0 aliphatic carbocycles. The fourth-order valence-electron chi connectivity index (χ4n) is 1.38. The Balaban J connectivity index is 2.21. The van der Waals surface area contributed by atoms with Gasteiger partial charge in [-0.3, -0.25) is 4.79 Å². The number of ketones is 1. The summed E-state index contributed by atoms with van der Waals surface area (Å²) in [4.78, 5) is 25.1. The molecular weight excluding hydrogens is 323 g/mol. The Bertz CT molecular complexity index is 658. The fourth-order valence-corrected chi connectivity index (χ4v) is 1.74. The molecule has 2 aromatic rings. The monoisotopic (exact) mass is 328 g/mol. The number of rotatable bonds is 4. The van der Waals surface area contributed by atoms with Crippen molar-refractivity contribution in [3.8, 4) is 0 Å². The van der Waals surface area contributed by atoms with Gasteiger partial charge in [0.25, 0.3) is 4.73 Å². The summed E-state index contributed by atoms with van der Waals surface area (Å²) in [6.45, 7) is -0.273. The van der Waals surface area contributed by atoms with Crippen LogP contribution in [-0.4, -0.2) is 25.5 Å². The normalized spacial score (nSPS) is 10.4. The third kappa shape index (κ3) is 2.99. The average Bonchev–Trinajstić information content (AvgIpc) is 2.71. The van der Waals surface area contributed by atoms with Crippen molar-refractivity contribution in [1.29, 1.82) is 0 Å². The second-order valence-electron chi connectivity index (χ2n) is 3.53. The Morgan fingerprint density at radius 2 is 2.26 bits per heavy atom. The molecule has 0 amide bonds. The molecule has 0 aliphatic rings. The molecule has 2 rings (SSSR count). The molecule has 0 fully saturated rings. The fraction of sp³-hybridized carbons (Fsp3) is 0.100. The van der Waals surface area contributed by atoms with Gasteiger partial charge in [0.2, 0.25) is 0 Å². The van der Waals surface area contributed by atoms with Gasteiger partial charge in [0.05, 0.1) is 0 Å². The minimum Gasteiger partial charge on any atom is -0.390 e. The second kappa shape index (κ2) is 5.22. The van der Waals surface area contributed by atoms with E-state index in [0.29, 0.717) is 0 Å². The quantitative estimate of drug-likeness (QED) is 0.486. The molecule has 0 aliphatic heterocycles. The lowest BCUT2D eigenvalue weighted by molar-refractivity contribution is -0.394. The molecule has 0 bridgehead atoms. The third-order valence-corrected chi connectivity index (χ3v) is 2.81. The zero-order valence-corrected chi connectivity index (χ0v) is 10.9. The van der Waals surface area contributed by atoms with Crippen molar-refractivity contribution >= 4 is 27.7 Å². The molecule has 1 aromatic carbocycles. The molecule has 19 heavy (non-hydrogen) atoms. The highest BCUT2D eigenvalue weighted by atomic mass is 79.9. The first-order valence-electron chi connectivity index (χ1n) is 5.01. The highest BCUT2D eigenvalue weighted by Gasteiger charge is 2.21. The van der Waals surface area contributed by atoms with Crippen LogP contribution < -0.4 is 0 Å². The third-order valence-electron chi connectivity index (χ3n) is 2.22. The van der Waals surface area contributed by atoms with Crippen LogP contribution in [0.4, 0.5) is 10.3 Å². The van der Waals surface area contributed by atoms with Crippen LogP contribution in [-0.2, 0) is 6.54 Å². The number of carbonyl (C=O) groups excluding carboxylic acids is 1. The number of halogens is 2. The van der Waals surface area contributed by atoms with Gasteiger partial charge in [-0.15, -0.1) is 0 Å². The summed E-state index contributed by atoms with van der Waals surface area (Å²) < 4.78 is 14.1. The zero-order valence-electron chi connectivity index (χ0n) is 9.29. The van der Waals surface area contributed by atoms with E-state index in [-0.39, 0.29) is 16.8 Å². The van der Waals surface area contributed by atoms with Crippen molar-refractivity contribution in [1.82, 2.24) is 14.8 Å². The molecule has 1 aromatic heterocycles. The van der Waals surface area contributed by atoms with Crippen LogP contribution >= 0.6 is 15.9 Å². The number of nitro groups is 1. The number of aromatic nitrogens is 3. The molecule has 7 nitrogen and oxygen atoms in total. The Hall–Kier alpha value is -2.16. The maximum atomic E-state index is 13.0. The van der Waals surface area contributed by atoms with Gasteiger partial charge in [0, 0.05) is 26.6 Å². The molecule has 0 atom stereocenters. The van der Waals surface area contributed by atoms with E-state index in [1.54, 1.807) is 0 Å². The Morgan fingerprint density at radius 3 is 2.84 bits per heavy atom. The minimum absolute atomic E-state index is 0.0592. The molecule has 0 saturated carbocycles. The molecular formula is C10H6BrFN4O3. The summed E-state index contributed by atoms with van der Waals surface area (Å²) >= 11 is 2.96. The molecule has 0 N–H and O–H groups in total. The standard InChI is InChI=1S/C10H6BrFN4O3/c11-9-13-10(16(18)19)14-15(9)5-8(17)6-2-1-3-7(12)4-6/h1-4H,5H2. The van der Waals surface area contributed by atoms with Crippen molar-refractivity contribution in [2.75, 3.05) is 0 Å². The summed E-state index contributed by atoms with van der Waals surface area (Å²) in [7, 11) is 0. The van der Waals surface area contributed by atoms with E-state index in [1.807, 2.05) is 0 Å². The highest BCUT2D eigenvalue weighted by Crippen LogP contribution is 2.13. The first kappa shape index (κ1) is 13.3. The first-order chi connectivity index (χ1) is 8.97. The molecule has 98 valence electrons. The summed E-state index contributed by atoms with van der Waals surface area (Å²) in [6.07, 6.45) is 0. The number of carbonyl (C=O) groups is 1. The van der Waals surface area contributed by atoms with Crippen LogP contribution in [0.5, 0.6) is 0 Å². The van der Waals surface area contributed by atoms with Crippen molar-refractivity contribution < 1.29 is 14.1 Å². The van der Waals surface area contributed by atoms with Gasteiger partial charge in [-0.25, -0.2) is 4.39 Å². The molecule has 0 saturated heterocycles. The Morgan fingerprint density at radius 1 is 1.53 bits per heavy atom. The summed E-state index contributed by atoms with van der Waals surface area (Å²) in [5.41, 5.74) is 0.157. The molecule has 0 radical (unpaired) electrons. The van der Waals surface area contributed by atoms with E-state index in [9.17, 15) is 19.3 Å². The number of hydrogen-bond donors (Lipinski definition) is 0. The van der Waals surface area contributed by atoms with Crippen LogP contribution in [0, 0.1) is 15.9 Å². The van der Waals surface area contributed by atoms with E-state index < -0.39 is 22.5 Å². The van der Waals surface area contributed by atoms with Gasteiger partial charge < -0.3 is 10.1 Å². The van der Waals surface area contributed by atoms with Crippen molar-refractivity contribution in [3.63, 3.8) is 0 Å². The van der Waals surface area contributed by atoms with Crippen LogP contribution in [0.2, 0.25) is 0 Å². The van der Waals surface area contributed by atoms with Gasteiger partial charge in [-0.1, -0.05) is 12.1 Å². The zero-order chi connectivity index (χ0) is 14.0. The number of Topliss-reactive ketones (excluding diaryl/α,β-unsaturated/α-hetero) is 1. The van der Waals surface area contributed by atoms with Gasteiger partial charge in [0.15, 0.2) is 5.78 Å². The number of nitrogens with zero attached hydrogens (tertiary/aromatic N) is 4. The van der Waals surface area contributed by atoms with Gasteiger partial charge in [-0.05, 0) is 22.0 Å². The topological polar surface area (TPSA) is 90.9 Å². The van der Waals surface area contributed by atoms with E-state index in [4.69, 9.17) is 0 Å². The van der Waals surface area contributed by atoms with Crippen molar-refractivity contribution in [3.05, 3.63) is 50.5 Å². The Kier molecular flexibility index (Phi) is 3.65. The lowest BCUT2D eigenvalue weighted by Crippen LogP contribution is -2.12. The first-order valence-corrected chi connectivity index (χ1v) is 5.80. The van der Waals surface area contributed by atoms with Gasteiger partial charge in [0.1, 0.15) is 12.4 Å². The van der Waals surface area contributed by atoms with Crippen LogP contribution in [0.25, 0.3) is 0 Å². The van der Waals surface area contributed by atoms with Crippen molar-refractivity contribution in [2.24, 2.45) is 0 Å².